The SMILES string of the molecule is CCO[C@@H]1C[C@@H](O)C12CCN(c1ccc3nnc(C)n3n1)CC2. The molecule has 0 aromatic carbocycles. The van der Waals surface area contributed by atoms with Gasteiger partial charge in [-0.3, -0.25) is 0 Å². The van der Waals surface area contributed by atoms with Crippen molar-refractivity contribution >= 4 is 11.5 Å². The van der Waals surface area contributed by atoms with Gasteiger partial charge in [0.2, 0.25) is 0 Å². The molecule has 0 bridgehead atoms. The predicted molar refractivity (Wildman–Crippen MR) is 85.4 cm³/mol. The van der Waals surface area contributed by atoms with Crippen LogP contribution in [0.5, 0.6) is 0 Å². The number of aromatic nitrogens is 4. The lowest BCUT2D eigenvalue weighted by molar-refractivity contribution is -0.199. The van der Waals surface area contributed by atoms with E-state index in [-0.39, 0.29) is 17.6 Å². The van der Waals surface area contributed by atoms with E-state index in [1.807, 2.05) is 26.0 Å². The summed E-state index contributed by atoms with van der Waals surface area (Å²) in [4.78, 5) is 2.28. The van der Waals surface area contributed by atoms with E-state index in [1.165, 1.54) is 0 Å². The standard InChI is InChI=1S/C16H23N5O2/c1-3-23-13-10-12(22)16(13)6-8-20(9-7-16)15-5-4-14-18-17-11(2)21(14)19-15/h4-5,12-13,22H,3,6-10H2,1-2H3/t12-,13-/m1/s1. The van der Waals surface area contributed by atoms with Crippen molar-refractivity contribution in [2.45, 2.75) is 45.3 Å². The molecule has 7 heteroatoms. The number of anilines is 1. The third-order valence-corrected chi connectivity index (χ3v) is 5.53. The zero-order chi connectivity index (χ0) is 16.0. The monoisotopic (exact) mass is 317 g/mol. The van der Waals surface area contributed by atoms with E-state index in [1.54, 1.807) is 4.52 Å². The minimum absolute atomic E-state index is 0.0525. The molecule has 1 aliphatic carbocycles. The Labute approximate surface area is 135 Å². The summed E-state index contributed by atoms with van der Waals surface area (Å²) in [5.41, 5.74) is 0.717. The topological polar surface area (TPSA) is 75.8 Å². The van der Waals surface area contributed by atoms with Gasteiger partial charge >= 0.3 is 0 Å². The number of aryl methyl sites for hydroxylation is 1. The number of piperidine rings is 1. The van der Waals surface area contributed by atoms with Crippen molar-refractivity contribution in [3.05, 3.63) is 18.0 Å². The molecule has 0 amide bonds. The van der Waals surface area contributed by atoms with Gasteiger partial charge in [0.25, 0.3) is 0 Å². The second-order valence-corrected chi connectivity index (χ2v) is 6.62. The molecule has 3 heterocycles. The maximum absolute atomic E-state index is 10.3. The Balaban J connectivity index is 1.51. The molecule has 4 rings (SSSR count). The first-order valence-corrected chi connectivity index (χ1v) is 8.38. The molecule has 2 fully saturated rings. The molecule has 23 heavy (non-hydrogen) atoms. The van der Waals surface area contributed by atoms with Crippen LogP contribution >= 0.6 is 0 Å². The lowest BCUT2D eigenvalue weighted by Crippen LogP contribution is -2.62. The molecular formula is C16H23N5O2. The van der Waals surface area contributed by atoms with Gasteiger partial charge in [-0.05, 0) is 38.8 Å². The van der Waals surface area contributed by atoms with Gasteiger partial charge in [0.1, 0.15) is 5.82 Å². The second-order valence-electron chi connectivity index (χ2n) is 6.62. The van der Waals surface area contributed by atoms with E-state index < -0.39 is 0 Å². The number of fused-ring (bicyclic) bond motifs is 1. The van der Waals surface area contributed by atoms with Crippen molar-refractivity contribution in [3.8, 4) is 0 Å². The van der Waals surface area contributed by atoms with Gasteiger partial charge in [-0.2, -0.15) is 4.52 Å². The Hall–Kier alpha value is -1.73. The van der Waals surface area contributed by atoms with Crippen molar-refractivity contribution in [2.75, 3.05) is 24.6 Å². The third-order valence-electron chi connectivity index (χ3n) is 5.53. The normalized spacial score (nSPS) is 26.7. The van der Waals surface area contributed by atoms with Crippen LogP contribution in [0.15, 0.2) is 12.1 Å². The highest BCUT2D eigenvalue weighted by molar-refractivity contribution is 5.46. The van der Waals surface area contributed by atoms with E-state index in [2.05, 4.69) is 20.2 Å². The van der Waals surface area contributed by atoms with Crippen LogP contribution in [0.3, 0.4) is 0 Å². The molecule has 0 radical (unpaired) electrons. The Morgan fingerprint density at radius 1 is 1.30 bits per heavy atom. The van der Waals surface area contributed by atoms with E-state index >= 15 is 0 Å². The molecule has 1 N–H and O–H groups in total. The highest BCUT2D eigenvalue weighted by Crippen LogP contribution is 2.51. The fourth-order valence-corrected chi connectivity index (χ4v) is 4.02. The molecule has 7 nitrogen and oxygen atoms in total. The summed E-state index contributed by atoms with van der Waals surface area (Å²) in [6.07, 6.45) is 2.65. The number of ether oxygens (including phenoxy) is 1. The number of hydrogen-bond donors (Lipinski definition) is 1. The van der Waals surface area contributed by atoms with Crippen molar-refractivity contribution in [1.82, 2.24) is 19.8 Å². The first-order chi connectivity index (χ1) is 11.1. The Morgan fingerprint density at radius 3 is 2.78 bits per heavy atom. The lowest BCUT2D eigenvalue weighted by Gasteiger charge is -2.56. The highest BCUT2D eigenvalue weighted by Gasteiger charge is 2.56. The van der Waals surface area contributed by atoms with Crippen LogP contribution in [0.4, 0.5) is 5.82 Å². The van der Waals surface area contributed by atoms with Crippen molar-refractivity contribution in [1.29, 1.82) is 0 Å². The molecule has 2 aliphatic rings. The van der Waals surface area contributed by atoms with Gasteiger partial charge in [-0.1, -0.05) is 0 Å². The third kappa shape index (κ3) is 2.21. The van der Waals surface area contributed by atoms with E-state index in [4.69, 9.17) is 4.74 Å². The van der Waals surface area contributed by atoms with Crippen LogP contribution in [0, 0.1) is 12.3 Å². The largest absolute Gasteiger partial charge is 0.392 e. The summed E-state index contributed by atoms with van der Waals surface area (Å²) < 4.78 is 7.61. The van der Waals surface area contributed by atoms with Crippen LogP contribution in [0.2, 0.25) is 0 Å². The Bertz CT molecular complexity index is 706. The first kappa shape index (κ1) is 14.8. The van der Waals surface area contributed by atoms with Crippen LogP contribution in [-0.4, -0.2) is 56.8 Å². The van der Waals surface area contributed by atoms with Crippen molar-refractivity contribution in [3.63, 3.8) is 0 Å². The van der Waals surface area contributed by atoms with Crippen molar-refractivity contribution in [2.24, 2.45) is 5.41 Å². The van der Waals surface area contributed by atoms with Crippen LogP contribution in [-0.2, 0) is 4.74 Å². The molecular weight excluding hydrogens is 294 g/mol. The maximum atomic E-state index is 10.3. The van der Waals surface area contributed by atoms with Crippen molar-refractivity contribution < 1.29 is 9.84 Å². The van der Waals surface area contributed by atoms with Gasteiger partial charge in [0, 0.05) is 31.5 Å². The predicted octanol–water partition coefficient (Wildman–Crippen LogP) is 1.19. The Kier molecular flexibility index (Phi) is 3.50. The molecule has 1 saturated heterocycles. The van der Waals surface area contributed by atoms with E-state index in [0.717, 1.165) is 49.6 Å². The van der Waals surface area contributed by atoms with Crippen LogP contribution in [0.25, 0.3) is 5.65 Å². The number of rotatable bonds is 3. The summed E-state index contributed by atoms with van der Waals surface area (Å²) in [6, 6.07) is 3.95. The number of aliphatic hydroxyl groups is 1. The number of nitrogens with zero attached hydrogens (tertiary/aromatic N) is 5. The fourth-order valence-electron chi connectivity index (χ4n) is 4.02. The molecule has 1 aliphatic heterocycles. The number of hydrogen-bond acceptors (Lipinski definition) is 6. The van der Waals surface area contributed by atoms with Gasteiger partial charge in [-0.15, -0.1) is 15.3 Å². The molecule has 1 saturated carbocycles. The maximum Gasteiger partial charge on any atom is 0.178 e. The van der Waals surface area contributed by atoms with E-state index in [0.29, 0.717) is 6.61 Å². The number of aliphatic hydroxyl groups excluding tert-OH is 1. The first-order valence-electron chi connectivity index (χ1n) is 8.38. The zero-order valence-electron chi connectivity index (χ0n) is 13.6. The van der Waals surface area contributed by atoms with E-state index in [9.17, 15) is 5.11 Å². The summed E-state index contributed by atoms with van der Waals surface area (Å²) >= 11 is 0. The average molecular weight is 317 g/mol. The summed E-state index contributed by atoms with van der Waals surface area (Å²) in [5.74, 6) is 1.73. The smallest absolute Gasteiger partial charge is 0.178 e. The highest BCUT2D eigenvalue weighted by atomic mass is 16.5. The molecule has 1 spiro atoms. The van der Waals surface area contributed by atoms with Gasteiger partial charge in [-0.25, -0.2) is 0 Å². The van der Waals surface area contributed by atoms with Gasteiger partial charge < -0.3 is 14.7 Å². The average Bonchev–Trinajstić information content (AvgIpc) is 2.95. The molecule has 2 aromatic rings. The summed E-state index contributed by atoms with van der Waals surface area (Å²) in [6.45, 7) is 6.42. The minimum Gasteiger partial charge on any atom is -0.392 e. The molecule has 2 atom stereocenters. The molecule has 124 valence electrons. The molecule has 2 aromatic heterocycles. The minimum atomic E-state index is -0.225. The molecule has 0 unspecified atom stereocenters. The van der Waals surface area contributed by atoms with Gasteiger partial charge in [0.15, 0.2) is 11.5 Å². The van der Waals surface area contributed by atoms with Crippen LogP contribution < -0.4 is 4.90 Å². The quantitative estimate of drug-likeness (QED) is 0.916. The Morgan fingerprint density at radius 2 is 2.09 bits per heavy atom. The lowest BCUT2D eigenvalue weighted by atomic mass is 9.58. The van der Waals surface area contributed by atoms with Crippen LogP contribution in [0.1, 0.15) is 32.0 Å². The summed E-state index contributed by atoms with van der Waals surface area (Å²) in [5, 5.41) is 23.1. The fraction of sp³-hybridized carbons (Fsp3) is 0.688. The second kappa shape index (κ2) is 5.42. The zero-order valence-corrected chi connectivity index (χ0v) is 13.6. The van der Waals surface area contributed by atoms with Gasteiger partial charge in [0.05, 0.1) is 12.2 Å². The summed E-state index contributed by atoms with van der Waals surface area (Å²) in [7, 11) is 0.